The van der Waals surface area contributed by atoms with Crippen LogP contribution in [0.15, 0.2) is 41.0 Å². The van der Waals surface area contributed by atoms with Gasteiger partial charge in [0.05, 0.1) is 40.3 Å². The number of nitrogens with one attached hydrogen (secondary N) is 1. The number of hydrogen-bond acceptors (Lipinski definition) is 5. The van der Waals surface area contributed by atoms with E-state index >= 15 is 0 Å². The van der Waals surface area contributed by atoms with Crippen LogP contribution in [-0.2, 0) is 17.9 Å². The van der Waals surface area contributed by atoms with E-state index in [2.05, 4.69) is 31.4 Å². The first-order valence-corrected chi connectivity index (χ1v) is 9.49. The van der Waals surface area contributed by atoms with E-state index < -0.39 is 10.8 Å². The van der Waals surface area contributed by atoms with E-state index in [9.17, 15) is 19.3 Å². The molecule has 0 aliphatic carbocycles. The van der Waals surface area contributed by atoms with E-state index in [1.54, 1.807) is 36.9 Å². The van der Waals surface area contributed by atoms with Gasteiger partial charge >= 0.3 is 5.82 Å². The largest absolute Gasteiger partial charge is 0.390 e. The number of hydrogen-bond donors (Lipinski definition) is 1. The summed E-state index contributed by atoms with van der Waals surface area (Å²) in [6.45, 7) is 4.00. The molecule has 0 radical (unpaired) electrons. The molecule has 0 aliphatic heterocycles. The van der Waals surface area contributed by atoms with Crippen LogP contribution in [0.2, 0.25) is 0 Å². The lowest BCUT2D eigenvalue weighted by Gasteiger charge is -2.10. The molecule has 3 aromatic rings. The third-order valence-corrected chi connectivity index (χ3v) is 4.85. The molecule has 1 unspecified atom stereocenters. The lowest BCUT2D eigenvalue weighted by Crippen LogP contribution is -2.25. The zero-order chi connectivity index (χ0) is 21.1. The molecule has 0 bridgehead atoms. The van der Waals surface area contributed by atoms with Crippen LogP contribution in [0, 0.1) is 28.8 Å². The molecule has 11 heteroatoms. The average molecular weight is 465 g/mol. The van der Waals surface area contributed by atoms with E-state index in [4.69, 9.17) is 0 Å². The van der Waals surface area contributed by atoms with Gasteiger partial charge in [-0.3, -0.25) is 9.48 Å². The first kappa shape index (κ1) is 20.6. The summed E-state index contributed by atoms with van der Waals surface area (Å²) in [5, 5.41) is 21.8. The molecule has 0 saturated carbocycles. The molecule has 152 valence electrons. The van der Waals surface area contributed by atoms with Gasteiger partial charge in [-0.25, -0.2) is 4.39 Å². The average Bonchev–Trinajstić information content (AvgIpc) is 3.19. The topological polar surface area (TPSA) is 108 Å². The maximum Gasteiger partial charge on any atom is 0.390 e. The van der Waals surface area contributed by atoms with Crippen LogP contribution in [0.1, 0.15) is 18.2 Å². The van der Waals surface area contributed by atoms with E-state index in [0.717, 1.165) is 5.56 Å². The quantitative estimate of drug-likeness (QED) is 0.425. The summed E-state index contributed by atoms with van der Waals surface area (Å²) in [6.07, 6.45) is 1.71. The fraction of sp³-hybridized carbons (Fsp3) is 0.278. The molecule has 1 amide bonds. The molecule has 1 N–H and O–H groups in total. The van der Waals surface area contributed by atoms with Crippen molar-refractivity contribution in [3.8, 4) is 0 Å². The van der Waals surface area contributed by atoms with E-state index in [0.29, 0.717) is 22.5 Å². The fourth-order valence-corrected chi connectivity index (χ4v) is 3.10. The molecule has 3 rings (SSSR count). The predicted molar refractivity (Wildman–Crippen MR) is 107 cm³/mol. The van der Waals surface area contributed by atoms with E-state index in [1.807, 2.05) is 0 Å². The van der Waals surface area contributed by atoms with Gasteiger partial charge in [-0.2, -0.15) is 9.78 Å². The molecule has 29 heavy (non-hydrogen) atoms. The van der Waals surface area contributed by atoms with Gasteiger partial charge in [-0.15, -0.1) is 0 Å². The summed E-state index contributed by atoms with van der Waals surface area (Å²) in [6, 6.07) is 7.44. The van der Waals surface area contributed by atoms with Crippen LogP contribution in [0.4, 0.5) is 16.0 Å². The lowest BCUT2D eigenvalue weighted by molar-refractivity contribution is -0.389. The minimum atomic E-state index is -0.570. The highest BCUT2D eigenvalue weighted by Crippen LogP contribution is 2.22. The monoisotopic (exact) mass is 464 g/mol. The zero-order valence-electron chi connectivity index (χ0n) is 15.7. The highest BCUT2D eigenvalue weighted by atomic mass is 79.9. The maximum atomic E-state index is 13.0. The van der Waals surface area contributed by atoms with Gasteiger partial charge in [-0.05, 0) is 45.5 Å². The van der Waals surface area contributed by atoms with Gasteiger partial charge < -0.3 is 15.4 Å². The molecule has 2 aromatic heterocycles. The molecular formula is C18H18BrFN6O3. The second-order valence-electron chi connectivity index (χ2n) is 6.62. The Kier molecular flexibility index (Phi) is 6.06. The summed E-state index contributed by atoms with van der Waals surface area (Å²) in [4.78, 5) is 22.8. The Morgan fingerprint density at radius 1 is 1.34 bits per heavy atom. The van der Waals surface area contributed by atoms with Crippen molar-refractivity contribution in [3.05, 3.63) is 68.2 Å². The number of nitrogens with zero attached hydrogens (tertiary/aromatic N) is 5. The minimum absolute atomic E-state index is 0.194. The summed E-state index contributed by atoms with van der Waals surface area (Å²) >= 11 is 3.37. The first-order valence-electron chi connectivity index (χ1n) is 8.70. The van der Waals surface area contributed by atoms with Gasteiger partial charge in [0.2, 0.25) is 5.91 Å². The third kappa shape index (κ3) is 5.05. The smallest absolute Gasteiger partial charge is 0.358 e. The zero-order valence-corrected chi connectivity index (χ0v) is 17.3. The van der Waals surface area contributed by atoms with Crippen molar-refractivity contribution in [2.45, 2.75) is 26.9 Å². The summed E-state index contributed by atoms with van der Waals surface area (Å²) < 4.78 is 16.7. The number of anilines is 1. The van der Waals surface area contributed by atoms with Crippen LogP contribution >= 0.6 is 15.9 Å². The number of rotatable bonds is 7. The summed E-state index contributed by atoms with van der Waals surface area (Å²) in [5.74, 6) is -1.00. The van der Waals surface area contributed by atoms with E-state index in [-0.39, 0.29) is 24.1 Å². The SMILES string of the molecule is Cc1cc([N+](=O)[O-])nn1CC(C)C(=O)Nc1nn(Cc2ccc(F)cc2)cc1Br. The van der Waals surface area contributed by atoms with Crippen molar-refractivity contribution in [2.24, 2.45) is 5.92 Å². The molecule has 2 heterocycles. The Morgan fingerprint density at radius 2 is 2.03 bits per heavy atom. The molecule has 0 saturated heterocycles. The standard InChI is InChI=1S/C18H18BrFN6O3/c1-11(8-25-12(2)7-16(22-25)26(28)29)18(27)21-17-15(19)10-24(23-17)9-13-3-5-14(20)6-4-13/h3-7,10-11H,8-9H2,1-2H3,(H,21,23,27). The van der Waals surface area contributed by atoms with Gasteiger partial charge in [0, 0.05) is 6.20 Å². The van der Waals surface area contributed by atoms with Crippen molar-refractivity contribution >= 4 is 33.5 Å². The molecule has 0 fully saturated rings. The van der Waals surface area contributed by atoms with Crippen LogP contribution < -0.4 is 5.32 Å². The van der Waals surface area contributed by atoms with E-state index in [1.165, 1.54) is 22.9 Å². The molecule has 0 spiro atoms. The highest BCUT2D eigenvalue weighted by molar-refractivity contribution is 9.10. The Morgan fingerprint density at radius 3 is 2.66 bits per heavy atom. The Labute approximate surface area is 173 Å². The number of amides is 1. The normalized spacial score (nSPS) is 12.0. The number of aromatic nitrogens is 4. The number of carbonyl (C=O) groups is 1. The van der Waals surface area contributed by atoms with Gasteiger partial charge in [0.1, 0.15) is 5.82 Å². The number of benzene rings is 1. The van der Waals surface area contributed by atoms with Crippen molar-refractivity contribution in [1.82, 2.24) is 19.6 Å². The maximum absolute atomic E-state index is 13.0. The number of aryl methyl sites for hydroxylation is 1. The highest BCUT2D eigenvalue weighted by Gasteiger charge is 2.22. The van der Waals surface area contributed by atoms with Gasteiger partial charge in [0.25, 0.3) is 0 Å². The Bertz CT molecular complexity index is 1050. The number of nitro groups is 1. The molecule has 1 atom stereocenters. The summed E-state index contributed by atoms with van der Waals surface area (Å²) in [7, 11) is 0. The summed E-state index contributed by atoms with van der Waals surface area (Å²) in [5.41, 5.74) is 1.46. The molecule has 9 nitrogen and oxygen atoms in total. The second kappa shape index (κ2) is 8.52. The van der Waals surface area contributed by atoms with Crippen molar-refractivity contribution in [2.75, 3.05) is 5.32 Å². The van der Waals surface area contributed by atoms with Gasteiger partial charge in [0.15, 0.2) is 5.82 Å². The first-order chi connectivity index (χ1) is 13.7. The minimum Gasteiger partial charge on any atom is -0.358 e. The third-order valence-electron chi connectivity index (χ3n) is 4.27. The molecular weight excluding hydrogens is 447 g/mol. The van der Waals surface area contributed by atoms with Crippen molar-refractivity contribution in [1.29, 1.82) is 0 Å². The van der Waals surface area contributed by atoms with Crippen molar-refractivity contribution in [3.63, 3.8) is 0 Å². The van der Waals surface area contributed by atoms with Crippen molar-refractivity contribution < 1.29 is 14.1 Å². The van der Waals surface area contributed by atoms with Gasteiger partial charge in [-0.1, -0.05) is 19.1 Å². The Hall–Kier alpha value is -3.08. The number of halogens is 2. The van der Waals surface area contributed by atoms with Crippen LogP contribution in [-0.4, -0.2) is 30.4 Å². The predicted octanol–water partition coefficient (Wildman–Crippen LogP) is 3.52. The lowest BCUT2D eigenvalue weighted by atomic mass is 10.1. The fourth-order valence-electron chi connectivity index (χ4n) is 2.69. The van der Waals surface area contributed by atoms with Crippen LogP contribution in [0.3, 0.4) is 0 Å². The molecule has 0 aliphatic rings. The number of carbonyl (C=O) groups excluding carboxylic acids is 1. The van der Waals surface area contributed by atoms with Crippen LogP contribution in [0.25, 0.3) is 0 Å². The van der Waals surface area contributed by atoms with Crippen LogP contribution in [0.5, 0.6) is 0 Å². The molecule has 1 aromatic carbocycles. The Balaban J connectivity index is 1.64. The second-order valence-corrected chi connectivity index (χ2v) is 7.48.